The molecule has 3 aromatic carbocycles. The minimum atomic E-state index is -0.641. The molecular weight excluding hydrogens is 440 g/mol. The molecule has 0 saturated carbocycles. The summed E-state index contributed by atoms with van der Waals surface area (Å²) in [6, 6.07) is 18.0. The van der Waals surface area contributed by atoms with E-state index in [-0.39, 0.29) is 11.8 Å². The van der Waals surface area contributed by atoms with Gasteiger partial charge in [-0.25, -0.2) is 0 Å². The van der Waals surface area contributed by atoms with Crippen molar-refractivity contribution in [3.8, 4) is 11.5 Å². The van der Waals surface area contributed by atoms with Crippen molar-refractivity contribution in [2.24, 2.45) is 0 Å². The molecule has 1 N–H and O–H groups in total. The zero-order valence-electron chi connectivity index (χ0n) is 18.3. The van der Waals surface area contributed by atoms with Gasteiger partial charge in [0.25, 0.3) is 5.91 Å². The third-order valence-electron chi connectivity index (χ3n) is 6.40. The zero-order chi connectivity index (χ0) is 23.1. The van der Waals surface area contributed by atoms with Crippen molar-refractivity contribution in [3.05, 3.63) is 87.9 Å². The minimum absolute atomic E-state index is 0.114. The van der Waals surface area contributed by atoms with E-state index in [1.165, 1.54) is 14.2 Å². The van der Waals surface area contributed by atoms with E-state index in [9.17, 15) is 9.59 Å². The van der Waals surface area contributed by atoms with E-state index >= 15 is 0 Å². The van der Waals surface area contributed by atoms with Gasteiger partial charge in [0.2, 0.25) is 5.91 Å². The quantitative estimate of drug-likeness (QED) is 0.602. The summed E-state index contributed by atoms with van der Waals surface area (Å²) in [4.78, 5) is 29.2. The lowest BCUT2D eigenvalue weighted by Gasteiger charge is -2.45. The molecule has 2 heterocycles. The lowest BCUT2D eigenvalue weighted by Crippen LogP contribution is -2.49. The number of carbonyl (C=O) groups excluding carboxylic acids is 2. The van der Waals surface area contributed by atoms with Crippen LogP contribution in [0.5, 0.6) is 11.5 Å². The zero-order valence-corrected chi connectivity index (χ0v) is 19.1. The van der Waals surface area contributed by atoms with E-state index < -0.39 is 12.0 Å². The number of carbonyl (C=O) groups is 2. The Balaban J connectivity index is 1.68. The maximum atomic E-state index is 13.8. The number of amides is 2. The molecule has 5 rings (SSSR count). The molecule has 0 aliphatic carbocycles. The molecule has 2 aliphatic heterocycles. The first-order chi connectivity index (χ1) is 16.0. The normalized spacial score (nSPS) is 18.6. The first kappa shape index (κ1) is 21.3. The number of benzene rings is 3. The fraction of sp³-hybridized carbons (Fsp3) is 0.231. The lowest BCUT2D eigenvalue weighted by molar-refractivity contribution is -0.119. The summed E-state index contributed by atoms with van der Waals surface area (Å²) < 4.78 is 10.9. The molecule has 0 fully saturated rings. The van der Waals surface area contributed by atoms with Crippen LogP contribution in [0, 0.1) is 0 Å². The molecule has 0 aromatic heterocycles. The number of fused-ring (bicyclic) bond motifs is 4. The van der Waals surface area contributed by atoms with Crippen molar-refractivity contribution in [3.63, 3.8) is 0 Å². The predicted molar refractivity (Wildman–Crippen MR) is 126 cm³/mol. The van der Waals surface area contributed by atoms with E-state index in [1.54, 1.807) is 41.3 Å². The molecule has 0 bridgehead atoms. The highest BCUT2D eigenvalue weighted by Gasteiger charge is 2.47. The number of nitrogens with one attached hydrogen (secondary N) is 1. The van der Waals surface area contributed by atoms with E-state index in [1.807, 2.05) is 18.2 Å². The SMILES string of the molecule is COc1cc2c(cc1OC)C(C(=O)Nc1cccc(Cl)c1)C1c3ccccc3CCN1C2=O. The van der Waals surface area contributed by atoms with Crippen molar-refractivity contribution < 1.29 is 19.1 Å². The highest BCUT2D eigenvalue weighted by Crippen LogP contribution is 2.48. The smallest absolute Gasteiger partial charge is 0.254 e. The van der Waals surface area contributed by atoms with Gasteiger partial charge in [-0.2, -0.15) is 0 Å². The third-order valence-corrected chi connectivity index (χ3v) is 6.64. The maximum absolute atomic E-state index is 13.8. The number of rotatable bonds is 4. The molecule has 0 saturated heterocycles. The Bertz CT molecular complexity index is 1260. The third kappa shape index (κ3) is 3.60. The van der Waals surface area contributed by atoms with Crippen LogP contribution in [0.1, 0.15) is 39.0 Å². The monoisotopic (exact) mass is 462 g/mol. The minimum Gasteiger partial charge on any atom is -0.493 e. The molecule has 7 heteroatoms. The van der Waals surface area contributed by atoms with Gasteiger partial charge in [-0.3, -0.25) is 9.59 Å². The summed E-state index contributed by atoms with van der Waals surface area (Å²) in [5.74, 6) is -0.0447. The average molecular weight is 463 g/mol. The van der Waals surface area contributed by atoms with Crippen molar-refractivity contribution in [2.45, 2.75) is 18.4 Å². The van der Waals surface area contributed by atoms with Gasteiger partial charge in [-0.1, -0.05) is 41.9 Å². The molecule has 2 aliphatic rings. The molecule has 3 aromatic rings. The molecule has 2 amide bonds. The number of hydrogen-bond acceptors (Lipinski definition) is 4. The Morgan fingerprint density at radius 3 is 2.52 bits per heavy atom. The second-order valence-electron chi connectivity index (χ2n) is 8.16. The predicted octanol–water partition coefficient (Wildman–Crippen LogP) is 4.83. The second kappa shape index (κ2) is 8.45. The summed E-state index contributed by atoms with van der Waals surface area (Å²) in [6.45, 7) is 0.537. The lowest BCUT2D eigenvalue weighted by atomic mass is 9.75. The van der Waals surface area contributed by atoms with Crippen molar-refractivity contribution >= 4 is 29.1 Å². The summed E-state index contributed by atoms with van der Waals surface area (Å²) in [5, 5.41) is 3.54. The number of methoxy groups -OCH3 is 2. The molecular formula is C26H23ClN2O4. The second-order valence-corrected chi connectivity index (χ2v) is 8.60. The summed E-state index contributed by atoms with van der Waals surface area (Å²) in [6.07, 6.45) is 0.740. The fourth-order valence-electron chi connectivity index (χ4n) is 4.92. The molecule has 6 nitrogen and oxygen atoms in total. The number of anilines is 1. The topological polar surface area (TPSA) is 67.9 Å². The van der Waals surface area contributed by atoms with Gasteiger partial charge in [0.1, 0.15) is 0 Å². The Morgan fingerprint density at radius 1 is 1.00 bits per heavy atom. The standard InChI is InChI=1S/C26H23ClN2O4/c1-32-21-13-19-20(14-22(21)33-2)26(31)29-11-10-15-6-3-4-9-18(15)24(29)23(19)25(30)28-17-8-5-7-16(27)12-17/h3-9,12-14,23-24H,10-11H2,1-2H3,(H,28,30). The molecule has 0 spiro atoms. The molecule has 168 valence electrons. The summed E-state index contributed by atoms with van der Waals surface area (Å²) in [5.41, 5.74) is 3.81. The van der Waals surface area contributed by atoms with Crippen LogP contribution in [-0.4, -0.2) is 37.5 Å². The van der Waals surface area contributed by atoms with Crippen LogP contribution in [-0.2, 0) is 11.2 Å². The van der Waals surface area contributed by atoms with E-state index in [4.69, 9.17) is 21.1 Å². The van der Waals surface area contributed by atoms with Crippen LogP contribution in [0.15, 0.2) is 60.7 Å². The highest BCUT2D eigenvalue weighted by molar-refractivity contribution is 6.30. The van der Waals surface area contributed by atoms with E-state index in [0.29, 0.717) is 39.9 Å². The maximum Gasteiger partial charge on any atom is 0.254 e. The highest BCUT2D eigenvalue weighted by atomic mass is 35.5. The van der Waals surface area contributed by atoms with Gasteiger partial charge in [-0.15, -0.1) is 0 Å². The van der Waals surface area contributed by atoms with Crippen LogP contribution in [0.2, 0.25) is 5.02 Å². The van der Waals surface area contributed by atoms with Gasteiger partial charge >= 0.3 is 0 Å². The number of ether oxygens (including phenoxy) is 2. The van der Waals surface area contributed by atoms with Crippen molar-refractivity contribution in [2.75, 3.05) is 26.1 Å². The molecule has 0 radical (unpaired) electrons. The Hall–Kier alpha value is -3.51. The molecule has 33 heavy (non-hydrogen) atoms. The van der Waals surface area contributed by atoms with Crippen LogP contribution in [0.3, 0.4) is 0 Å². The first-order valence-corrected chi connectivity index (χ1v) is 11.1. The number of halogens is 1. The first-order valence-electron chi connectivity index (χ1n) is 10.7. The van der Waals surface area contributed by atoms with Gasteiger partial charge < -0.3 is 19.7 Å². The Labute approximate surface area is 197 Å². The Morgan fingerprint density at radius 2 is 1.76 bits per heavy atom. The van der Waals surface area contributed by atoms with Crippen LogP contribution < -0.4 is 14.8 Å². The largest absolute Gasteiger partial charge is 0.493 e. The van der Waals surface area contributed by atoms with Gasteiger partial charge in [-0.05, 0) is 53.4 Å². The van der Waals surface area contributed by atoms with Crippen LogP contribution in [0.25, 0.3) is 0 Å². The summed E-state index contributed by atoms with van der Waals surface area (Å²) >= 11 is 6.13. The van der Waals surface area contributed by atoms with Crippen molar-refractivity contribution in [1.29, 1.82) is 0 Å². The van der Waals surface area contributed by atoms with Gasteiger partial charge in [0, 0.05) is 22.8 Å². The van der Waals surface area contributed by atoms with E-state index in [2.05, 4.69) is 11.4 Å². The van der Waals surface area contributed by atoms with Crippen molar-refractivity contribution in [1.82, 2.24) is 4.90 Å². The van der Waals surface area contributed by atoms with E-state index in [0.717, 1.165) is 17.5 Å². The van der Waals surface area contributed by atoms with Gasteiger partial charge in [0.05, 0.1) is 26.2 Å². The van der Waals surface area contributed by atoms with Crippen LogP contribution >= 0.6 is 11.6 Å². The summed E-state index contributed by atoms with van der Waals surface area (Å²) in [7, 11) is 3.07. The molecule has 2 atom stereocenters. The number of hydrogen-bond donors (Lipinski definition) is 1. The van der Waals surface area contributed by atoms with Crippen LogP contribution in [0.4, 0.5) is 5.69 Å². The fourth-order valence-corrected chi connectivity index (χ4v) is 5.11. The van der Waals surface area contributed by atoms with Gasteiger partial charge in [0.15, 0.2) is 11.5 Å². The Kier molecular flexibility index (Phi) is 5.46. The average Bonchev–Trinajstić information content (AvgIpc) is 2.83. The number of nitrogens with zero attached hydrogens (tertiary/aromatic N) is 1. The molecule has 2 unspecified atom stereocenters.